The third-order valence-corrected chi connectivity index (χ3v) is 3.10. The third-order valence-electron chi connectivity index (χ3n) is 2.88. The fourth-order valence-electron chi connectivity index (χ4n) is 1.81. The Morgan fingerprint density at radius 3 is 2.79 bits per heavy atom. The molecule has 0 aliphatic heterocycles. The van der Waals surface area contributed by atoms with Crippen molar-refractivity contribution >= 4 is 22.9 Å². The molecule has 1 aromatic carbocycles. The first-order chi connectivity index (χ1) is 8.99. The first-order valence-electron chi connectivity index (χ1n) is 5.74. The Hall–Kier alpha value is -1.95. The molecule has 0 aliphatic rings. The van der Waals surface area contributed by atoms with Gasteiger partial charge >= 0.3 is 0 Å². The molecule has 3 N–H and O–H groups in total. The van der Waals surface area contributed by atoms with Crippen LogP contribution in [0.5, 0.6) is 0 Å². The summed E-state index contributed by atoms with van der Waals surface area (Å²) in [6, 6.07) is 4.29. The number of thiocarbonyl (C=S) groups is 1. The zero-order valence-corrected chi connectivity index (χ0v) is 11.5. The standard InChI is InChI=1S/C13H14FN3OS/c1-7-11(8(2)18-17-7)6-16-12-4-3-9(14)5-10(12)13(15)19/h3-5,16H,6H2,1-2H3,(H2,15,19). The quantitative estimate of drug-likeness (QED) is 0.842. The summed E-state index contributed by atoms with van der Waals surface area (Å²) in [6.45, 7) is 4.23. The first-order valence-corrected chi connectivity index (χ1v) is 6.15. The summed E-state index contributed by atoms with van der Waals surface area (Å²) in [4.78, 5) is 0.153. The van der Waals surface area contributed by atoms with Gasteiger partial charge in [0.05, 0.1) is 5.69 Å². The van der Waals surface area contributed by atoms with Gasteiger partial charge in [0.1, 0.15) is 16.6 Å². The molecule has 0 amide bonds. The average Bonchev–Trinajstić information content (AvgIpc) is 2.68. The predicted octanol–water partition coefficient (Wildman–Crippen LogP) is 2.68. The van der Waals surface area contributed by atoms with Gasteiger partial charge in [-0.3, -0.25) is 0 Å². The Bertz CT molecular complexity index is 605. The van der Waals surface area contributed by atoms with Crippen molar-refractivity contribution in [1.82, 2.24) is 5.16 Å². The van der Waals surface area contributed by atoms with Gasteiger partial charge in [-0.05, 0) is 32.0 Å². The number of benzene rings is 1. The van der Waals surface area contributed by atoms with Crippen molar-refractivity contribution in [2.75, 3.05) is 5.32 Å². The van der Waals surface area contributed by atoms with Gasteiger partial charge in [0, 0.05) is 23.4 Å². The molecule has 19 heavy (non-hydrogen) atoms. The minimum Gasteiger partial charge on any atom is -0.389 e. The van der Waals surface area contributed by atoms with E-state index in [2.05, 4.69) is 10.5 Å². The van der Waals surface area contributed by atoms with Crippen LogP contribution in [0.15, 0.2) is 22.7 Å². The molecule has 0 spiro atoms. The molecular formula is C13H14FN3OS. The second-order valence-electron chi connectivity index (χ2n) is 4.21. The largest absolute Gasteiger partial charge is 0.389 e. The lowest BCUT2D eigenvalue weighted by atomic mass is 10.1. The highest BCUT2D eigenvalue weighted by molar-refractivity contribution is 7.80. The van der Waals surface area contributed by atoms with E-state index in [4.69, 9.17) is 22.5 Å². The zero-order chi connectivity index (χ0) is 14.0. The van der Waals surface area contributed by atoms with Gasteiger partial charge in [0.2, 0.25) is 0 Å². The normalized spacial score (nSPS) is 10.5. The lowest BCUT2D eigenvalue weighted by molar-refractivity contribution is 0.392. The van der Waals surface area contributed by atoms with E-state index in [0.717, 1.165) is 17.0 Å². The summed E-state index contributed by atoms with van der Waals surface area (Å²) in [6.07, 6.45) is 0. The number of aromatic nitrogens is 1. The number of rotatable bonds is 4. The Morgan fingerprint density at radius 1 is 1.47 bits per heavy atom. The van der Waals surface area contributed by atoms with Crippen molar-refractivity contribution in [2.45, 2.75) is 20.4 Å². The molecule has 1 heterocycles. The van der Waals surface area contributed by atoms with Crippen LogP contribution in [-0.4, -0.2) is 10.1 Å². The second kappa shape index (κ2) is 5.36. The van der Waals surface area contributed by atoms with Crippen molar-refractivity contribution in [1.29, 1.82) is 0 Å². The molecule has 6 heteroatoms. The number of nitrogens with one attached hydrogen (secondary N) is 1. The van der Waals surface area contributed by atoms with Crippen LogP contribution in [0.2, 0.25) is 0 Å². The molecule has 0 atom stereocenters. The number of aryl methyl sites for hydroxylation is 2. The molecule has 0 saturated heterocycles. The second-order valence-corrected chi connectivity index (χ2v) is 4.65. The number of nitrogens with two attached hydrogens (primary N) is 1. The van der Waals surface area contributed by atoms with Gasteiger partial charge in [-0.25, -0.2) is 4.39 Å². The van der Waals surface area contributed by atoms with E-state index in [-0.39, 0.29) is 10.8 Å². The van der Waals surface area contributed by atoms with Crippen molar-refractivity contribution in [3.63, 3.8) is 0 Å². The highest BCUT2D eigenvalue weighted by atomic mass is 32.1. The molecule has 0 aliphatic carbocycles. The van der Waals surface area contributed by atoms with Crippen LogP contribution < -0.4 is 11.1 Å². The van der Waals surface area contributed by atoms with Gasteiger partial charge in [-0.2, -0.15) is 0 Å². The Kier molecular flexibility index (Phi) is 3.80. The van der Waals surface area contributed by atoms with E-state index < -0.39 is 0 Å². The lowest BCUT2D eigenvalue weighted by Gasteiger charge is -2.11. The van der Waals surface area contributed by atoms with E-state index in [1.54, 1.807) is 6.07 Å². The third kappa shape index (κ3) is 2.90. The van der Waals surface area contributed by atoms with Crippen LogP contribution in [0.25, 0.3) is 0 Å². The SMILES string of the molecule is Cc1noc(C)c1CNc1ccc(F)cc1C(N)=S. The van der Waals surface area contributed by atoms with Crippen molar-refractivity contribution in [2.24, 2.45) is 5.73 Å². The van der Waals surface area contributed by atoms with Gasteiger partial charge < -0.3 is 15.6 Å². The monoisotopic (exact) mass is 279 g/mol. The molecular weight excluding hydrogens is 265 g/mol. The molecule has 100 valence electrons. The minimum atomic E-state index is -0.370. The van der Waals surface area contributed by atoms with E-state index in [1.165, 1.54) is 12.1 Å². The topological polar surface area (TPSA) is 64.1 Å². The number of hydrogen-bond donors (Lipinski definition) is 2. The Balaban J connectivity index is 2.23. The fourth-order valence-corrected chi connectivity index (χ4v) is 1.98. The van der Waals surface area contributed by atoms with Crippen LogP contribution >= 0.6 is 12.2 Å². The summed E-state index contributed by atoms with van der Waals surface area (Å²) in [5.41, 5.74) is 8.56. The van der Waals surface area contributed by atoms with Gasteiger partial charge in [0.25, 0.3) is 0 Å². The Morgan fingerprint density at radius 2 is 2.21 bits per heavy atom. The summed E-state index contributed by atoms with van der Waals surface area (Å²) < 4.78 is 18.3. The molecule has 0 radical (unpaired) electrons. The summed E-state index contributed by atoms with van der Waals surface area (Å²) in [5.74, 6) is 0.384. The summed E-state index contributed by atoms with van der Waals surface area (Å²) in [7, 11) is 0. The van der Waals surface area contributed by atoms with E-state index >= 15 is 0 Å². The average molecular weight is 279 g/mol. The van der Waals surface area contributed by atoms with Crippen LogP contribution in [-0.2, 0) is 6.54 Å². The zero-order valence-electron chi connectivity index (χ0n) is 10.7. The molecule has 0 fully saturated rings. The van der Waals surface area contributed by atoms with Crippen LogP contribution in [0.1, 0.15) is 22.6 Å². The van der Waals surface area contributed by atoms with Crippen LogP contribution in [0.4, 0.5) is 10.1 Å². The predicted molar refractivity (Wildman–Crippen MR) is 75.6 cm³/mol. The molecule has 1 aromatic heterocycles. The maximum Gasteiger partial charge on any atom is 0.138 e. The Labute approximate surface area is 115 Å². The van der Waals surface area contributed by atoms with E-state index in [1.807, 2.05) is 13.8 Å². The molecule has 0 saturated carbocycles. The first kappa shape index (κ1) is 13.5. The number of hydrogen-bond acceptors (Lipinski definition) is 4. The van der Waals surface area contributed by atoms with Gasteiger partial charge in [0.15, 0.2) is 0 Å². The van der Waals surface area contributed by atoms with Crippen LogP contribution in [0.3, 0.4) is 0 Å². The highest BCUT2D eigenvalue weighted by Crippen LogP contribution is 2.20. The van der Waals surface area contributed by atoms with Crippen molar-refractivity contribution in [3.05, 3.63) is 46.6 Å². The minimum absolute atomic E-state index is 0.153. The smallest absolute Gasteiger partial charge is 0.138 e. The molecule has 2 aromatic rings. The summed E-state index contributed by atoms with van der Waals surface area (Å²) in [5, 5.41) is 7.05. The van der Waals surface area contributed by atoms with E-state index in [0.29, 0.717) is 17.8 Å². The van der Waals surface area contributed by atoms with Gasteiger partial charge in [-0.15, -0.1) is 0 Å². The molecule has 0 unspecified atom stereocenters. The van der Waals surface area contributed by atoms with Gasteiger partial charge in [-0.1, -0.05) is 17.4 Å². The molecule has 0 bridgehead atoms. The lowest BCUT2D eigenvalue weighted by Crippen LogP contribution is -2.14. The van der Waals surface area contributed by atoms with E-state index in [9.17, 15) is 4.39 Å². The van der Waals surface area contributed by atoms with Crippen LogP contribution in [0, 0.1) is 19.7 Å². The molecule has 2 rings (SSSR count). The van der Waals surface area contributed by atoms with Crippen molar-refractivity contribution < 1.29 is 8.91 Å². The maximum absolute atomic E-state index is 13.2. The maximum atomic E-state index is 13.2. The fraction of sp³-hybridized carbons (Fsp3) is 0.231. The highest BCUT2D eigenvalue weighted by Gasteiger charge is 2.11. The summed E-state index contributed by atoms with van der Waals surface area (Å²) >= 11 is 4.92. The van der Waals surface area contributed by atoms with Crippen molar-refractivity contribution in [3.8, 4) is 0 Å². The number of nitrogens with zero attached hydrogens (tertiary/aromatic N) is 1. The number of anilines is 1. The molecule has 4 nitrogen and oxygen atoms in total. The number of halogens is 1.